The van der Waals surface area contributed by atoms with Crippen molar-refractivity contribution < 1.29 is 23.4 Å². The average Bonchev–Trinajstić information content (AvgIpc) is 3.12. The number of esters is 1. The highest BCUT2D eigenvalue weighted by molar-refractivity contribution is 5.82. The maximum absolute atomic E-state index is 13.7. The van der Waals surface area contributed by atoms with Gasteiger partial charge in [-0.25, -0.2) is 13.6 Å². The molecule has 2 aliphatic carbocycles. The molecule has 24 heavy (non-hydrogen) atoms. The van der Waals surface area contributed by atoms with Gasteiger partial charge in [-0.3, -0.25) is 0 Å². The maximum Gasteiger partial charge on any atom is 0.343 e. The van der Waals surface area contributed by atoms with E-state index in [9.17, 15) is 18.7 Å². The van der Waals surface area contributed by atoms with Crippen molar-refractivity contribution in [3.05, 3.63) is 35.9 Å². The van der Waals surface area contributed by atoms with E-state index in [1.54, 1.807) is 30.3 Å². The SMILES string of the molecule is N[C@H]1CC[C@H](OC(=O)[C@](O)(c2ccccc2)[C@@H]2CCC(F)(F)C2)C1. The number of hydrogen-bond acceptors (Lipinski definition) is 4. The van der Waals surface area contributed by atoms with E-state index in [1.165, 1.54) is 0 Å². The molecule has 3 N–H and O–H groups in total. The lowest BCUT2D eigenvalue weighted by Gasteiger charge is -2.33. The zero-order chi connectivity index (χ0) is 17.4. The quantitative estimate of drug-likeness (QED) is 0.828. The van der Waals surface area contributed by atoms with Crippen LogP contribution in [0.25, 0.3) is 0 Å². The Kier molecular flexibility index (Phi) is 4.62. The van der Waals surface area contributed by atoms with Crippen molar-refractivity contribution in [3.63, 3.8) is 0 Å². The molecule has 0 heterocycles. The second-order valence-corrected chi connectivity index (χ2v) is 7.03. The minimum Gasteiger partial charge on any atom is -0.460 e. The van der Waals surface area contributed by atoms with Crippen molar-refractivity contribution in [2.24, 2.45) is 11.7 Å². The van der Waals surface area contributed by atoms with Crippen LogP contribution in [0, 0.1) is 5.92 Å². The number of halogens is 2. The fraction of sp³-hybridized carbons (Fsp3) is 0.611. The van der Waals surface area contributed by atoms with Crippen LogP contribution in [0.15, 0.2) is 30.3 Å². The van der Waals surface area contributed by atoms with Gasteiger partial charge < -0.3 is 15.6 Å². The summed E-state index contributed by atoms with van der Waals surface area (Å²) in [6, 6.07) is 8.23. The molecular formula is C18H23F2NO3. The molecule has 2 fully saturated rings. The van der Waals surface area contributed by atoms with E-state index in [0.717, 1.165) is 6.42 Å². The lowest BCUT2D eigenvalue weighted by atomic mass is 9.80. The first-order valence-electron chi connectivity index (χ1n) is 8.43. The Bertz CT molecular complexity index is 595. The number of ether oxygens (including phenoxy) is 1. The van der Waals surface area contributed by atoms with Gasteiger partial charge in [0.2, 0.25) is 5.92 Å². The number of carbonyl (C=O) groups excluding carboxylic acids is 1. The van der Waals surface area contributed by atoms with E-state index in [1.807, 2.05) is 0 Å². The van der Waals surface area contributed by atoms with Crippen molar-refractivity contribution in [2.75, 3.05) is 0 Å². The Morgan fingerprint density at radius 1 is 1.25 bits per heavy atom. The van der Waals surface area contributed by atoms with Crippen LogP contribution < -0.4 is 5.73 Å². The van der Waals surface area contributed by atoms with Crippen molar-refractivity contribution in [1.29, 1.82) is 0 Å². The predicted octanol–water partition coefficient (Wildman–Crippen LogP) is 2.73. The summed E-state index contributed by atoms with van der Waals surface area (Å²) in [6.07, 6.45) is 0.813. The number of rotatable bonds is 4. The first-order chi connectivity index (χ1) is 11.3. The highest BCUT2D eigenvalue weighted by Gasteiger charge is 2.54. The second-order valence-electron chi connectivity index (χ2n) is 7.03. The molecule has 0 aliphatic heterocycles. The van der Waals surface area contributed by atoms with Crippen molar-refractivity contribution in [1.82, 2.24) is 0 Å². The van der Waals surface area contributed by atoms with Gasteiger partial charge >= 0.3 is 5.97 Å². The van der Waals surface area contributed by atoms with Gasteiger partial charge in [0.15, 0.2) is 5.60 Å². The van der Waals surface area contributed by atoms with Crippen molar-refractivity contribution >= 4 is 5.97 Å². The number of hydrogen-bond donors (Lipinski definition) is 2. The van der Waals surface area contributed by atoms with E-state index in [4.69, 9.17) is 10.5 Å². The fourth-order valence-corrected chi connectivity index (χ4v) is 3.84. The molecule has 132 valence electrons. The third-order valence-electron chi connectivity index (χ3n) is 5.22. The second kappa shape index (κ2) is 6.41. The molecular weight excluding hydrogens is 316 g/mol. The topological polar surface area (TPSA) is 72.5 Å². The minimum atomic E-state index is -2.86. The Morgan fingerprint density at radius 3 is 2.50 bits per heavy atom. The van der Waals surface area contributed by atoms with Crippen LogP contribution >= 0.6 is 0 Å². The number of carbonyl (C=O) groups is 1. The highest BCUT2D eigenvalue weighted by Crippen LogP contribution is 2.48. The standard InChI is InChI=1S/C18H23F2NO3/c19-17(20)9-8-13(11-17)18(23,12-4-2-1-3-5-12)16(22)24-15-7-6-14(21)10-15/h1-5,13-15,23H,6-11,21H2/t13-,14+,15+,18+/m1/s1. The van der Waals surface area contributed by atoms with Gasteiger partial charge in [-0.05, 0) is 31.2 Å². The van der Waals surface area contributed by atoms with Crippen molar-refractivity contribution in [3.8, 4) is 0 Å². The largest absolute Gasteiger partial charge is 0.460 e. The number of nitrogens with two attached hydrogens (primary N) is 1. The highest BCUT2D eigenvalue weighted by atomic mass is 19.3. The molecule has 4 atom stereocenters. The Morgan fingerprint density at radius 2 is 1.96 bits per heavy atom. The molecule has 0 aromatic heterocycles. The average molecular weight is 339 g/mol. The molecule has 1 aromatic rings. The van der Waals surface area contributed by atoms with E-state index in [-0.39, 0.29) is 25.0 Å². The van der Waals surface area contributed by atoms with Crippen LogP contribution in [0.3, 0.4) is 0 Å². The van der Waals surface area contributed by atoms with Gasteiger partial charge in [0.25, 0.3) is 0 Å². The molecule has 0 radical (unpaired) electrons. The number of benzene rings is 1. The zero-order valence-electron chi connectivity index (χ0n) is 13.5. The zero-order valence-corrected chi connectivity index (χ0v) is 13.5. The summed E-state index contributed by atoms with van der Waals surface area (Å²) in [5.41, 5.74) is 4.08. The molecule has 4 nitrogen and oxygen atoms in total. The third kappa shape index (κ3) is 3.30. The normalized spacial score (nSPS) is 31.6. The first-order valence-corrected chi connectivity index (χ1v) is 8.43. The van der Waals surface area contributed by atoms with Crippen LogP contribution in [0.2, 0.25) is 0 Å². The van der Waals surface area contributed by atoms with Crippen LogP contribution in [0.4, 0.5) is 8.78 Å². The van der Waals surface area contributed by atoms with Crippen LogP contribution in [0.5, 0.6) is 0 Å². The summed E-state index contributed by atoms with van der Waals surface area (Å²) < 4.78 is 32.8. The molecule has 0 spiro atoms. The summed E-state index contributed by atoms with van der Waals surface area (Å²) in [5.74, 6) is -4.56. The van der Waals surface area contributed by atoms with Crippen LogP contribution in [-0.4, -0.2) is 29.1 Å². The van der Waals surface area contributed by atoms with E-state index in [0.29, 0.717) is 18.4 Å². The van der Waals surface area contributed by atoms with Gasteiger partial charge in [0, 0.05) is 24.8 Å². The Hall–Kier alpha value is -1.53. The minimum absolute atomic E-state index is 0.0246. The molecule has 0 bridgehead atoms. The summed E-state index contributed by atoms with van der Waals surface area (Å²) in [7, 11) is 0. The maximum atomic E-state index is 13.7. The van der Waals surface area contributed by atoms with Crippen molar-refractivity contribution in [2.45, 2.75) is 62.2 Å². The molecule has 0 amide bonds. The lowest BCUT2D eigenvalue weighted by Crippen LogP contribution is -2.45. The van der Waals surface area contributed by atoms with Crippen LogP contribution in [0.1, 0.15) is 44.1 Å². The summed E-state index contributed by atoms with van der Waals surface area (Å²) in [6.45, 7) is 0. The number of alkyl halides is 2. The lowest BCUT2D eigenvalue weighted by molar-refractivity contribution is -0.180. The fourth-order valence-electron chi connectivity index (χ4n) is 3.84. The van der Waals surface area contributed by atoms with E-state index < -0.39 is 29.8 Å². The Labute approximate surface area is 140 Å². The van der Waals surface area contributed by atoms with E-state index >= 15 is 0 Å². The molecule has 3 rings (SSSR count). The van der Waals surface area contributed by atoms with E-state index in [2.05, 4.69) is 0 Å². The first kappa shape index (κ1) is 17.3. The molecule has 1 aromatic carbocycles. The molecule has 0 unspecified atom stereocenters. The van der Waals surface area contributed by atoms with Gasteiger partial charge in [-0.2, -0.15) is 0 Å². The smallest absolute Gasteiger partial charge is 0.343 e. The molecule has 2 aliphatic rings. The van der Waals surface area contributed by atoms with Crippen LogP contribution in [-0.2, 0) is 15.1 Å². The van der Waals surface area contributed by atoms with Gasteiger partial charge in [-0.1, -0.05) is 30.3 Å². The third-order valence-corrected chi connectivity index (χ3v) is 5.22. The summed E-state index contributed by atoms with van der Waals surface area (Å²) in [5, 5.41) is 11.2. The van der Waals surface area contributed by atoms with Gasteiger partial charge in [-0.15, -0.1) is 0 Å². The number of aliphatic hydroxyl groups is 1. The predicted molar refractivity (Wildman–Crippen MR) is 84.3 cm³/mol. The van der Waals surface area contributed by atoms with Gasteiger partial charge in [0.1, 0.15) is 6.10 Å². The molecule has 6 heteroatoms. The van der Waals surface area contributed by atoms with Gasteiger partial charge in [0.05, 0.1) is 0 Å². The summed E-state index contributed by atoms with van der Waals surface area (Å²) >= 11 is 0. The summed E-state index contributed by atoms with van der Waals surface area (Å²) in [4.78, 5) is 12.8. The molecule has 0 saturated heterocycles. The molecule has 2 saturated carbocycles. The Balaban J connectivity index is 1.86. The monoisotopic (exact) mass is 339 g/mol.